The highest BCUT2D eigenvalue weighted by molar-refractivity contribution is 7.16. The third-order valence-electron chi connectivity index (χ3n) is 9.28. The maximum Gasteiger partial charge on any atom is 0.328 e. The van der Waals surface area contributed by atoms with Gasteiger partial charge in [0.1, 0.15) is 22.8 Å². The van der Waals surface area contributed by atoms with Crippen molar-refractivity contribution in [3.63, 3.8) is 0 Å². The highest BCUT2D eigenvalue weighted by Crippen LogP contribution is 2.33. The Labute approximate surface area is 318 Å². The molecule has 6 N–H and O–H groups in total. The number of fused-ring (bicyclic) bond motifs is 1. The molecular weight excluding hydrogens is 742 g/mol. The van der Waals surface area contributed by atoms with Gasteiger partial charge in [0.05, 0.1) is 34.6 Å². The van der Waals surface area contributed by atoms with Crippen LogP contribution >= 0.6 is 22.7 Å². The fraction of sp³-hybridized carbons (Fsp3) is 0.432. The van der Waals surface area contributed by atoms with Crippen molar-refractivity contribution in [3.05, 3.63) is 90.7 Å². The number of morpholine rings is 1. The van der Waals surface area contributed by atoms with Crippen LogP contribution in [-0.2, 0) is 27.3 Å². The average Bonchev–Trinajstić information content (AvgIpc) is 3.80. The lowest BCUT2D eigenvalue weighted by atomic mass is 9.89. The molecular formula is C37H44FN5O9S2. The number of thiazole rings is 2. The third kappa shape index (κ3) is 10.6. The van der Waals surface area contributed by atoms with Crippen LogP contribution in [-0.4, -0.2) is 110 Å². The molecule has 1 atom stereocenters. The van der Waals surface area contributed by atoms with Crippen molar-refractivity contribution >= 4 is 50.7 Å². The molecule has 1 amide bonds. The number of nitrogens with one attached hydrogen (secondary N) is 2. The first-order chi connectivity index (χ1) is 25.7. The summed E-state index contributed by atoms with van der Waals surface area (Å²) in [6, 6.07) is 8.32. The number of ether oxygens (including phenoxy) is 1. The van der Waals surface area contributed by atoms with E-state index in [0.717, 1.165) is 47.8 Å². The number of halogens is 1. The summed E-state index contributed by atoms with van der Waals surface area (Å²) in [5, 5.41) is 42.4. The lowest BCUT2D eigenvalue weighted by molar-refractivity contribution is -0.134. The van der Waals surface area contributed by atoms with Crippen molar-refractivity contribution in [3.8, 4) is 5.75 Å². The molecule has 1 spiro atoms. The fourth-order valence-electron chi connectivity index (χ4n) is 6.44. The number of aromatic amines is 1. The van der Waals surface area contributed by atoms with Crippen LogP contribution in [0.4, 0.5) is 4.39 Å². The van der Waals surface area contributed by atoms with Crippen molar-refractivity contribution in [2.24, 2.45) is 0 Å². The molecule has 4 heterocycles. The molecule has 0 saturated carbocycles. The molecule has 2 aliphatic rings. The van der Waals surface area contributed by atoms with E-state index in [0.29, 0.717) is 84.3 Å². The van der Waals surface area contributed by atoms with Crippen molar-refractivity contribution in [2.75, 3.05) is 45.9 Å². The molecule has 290 valence electrons. The lowest BCUT2D eigenvalue weighted by Crippen LogP contribution is -2.58. The van der Waals surface area contributed by atoms with Crippen LogP contribution in [0.1, 0.15) is 70.9 Å². The number of phenolic OH excluding ortho intramolecular Hbond substituents is 1. The molecule has 6 rings (SSSR count). The largest absolute Gasteiger partial charge is 0.506 e. The number of carbonyl (C=O) groups is 3. The van der Waals surface area contributed by atoms with E-state index < -0.39 is 18.0 Å². The van der Waals surface area contributed by atoms with Crippen LogP contribution in [0.15, 0.2) is 52.7 Å². The van der Waals surface area contributed by atoms with Gasteiger partial charge in [0.2, 0.25) is 0 Å². The maximum atomic E-state index is 14.7. The van der Waals surface area contributed by atoms with Gasteiger partial charge in [0, 0.05) is 61.7 Å². The molecule has 2 fully saturated rings. The number of rotatable bonds is 12. The first-order valence-electron chi connectivity index (χ1n) is 17.5. The molecule has 17 heteroatoms. The number of carboxylic acid groups (broad SMARTS) is 2. The van der Waals surface area contributed by atoms with E-state index in [-0.39, 0.29) is 34.5 Å². The predicted octanol–water partition coefficient (Wildman–Crippen LogP) is 4.10. The van der Waals surface area contributed by atoms with Crippen LogP contribution in [0.3, 0.4) is 0 Å². The summed E-state index contributed by atoms with van der Waals surface area (Å²) < 4.78 is 21.5. The van der Waals surface area contributed by atoms with E-state index in [4.69, 9.17) is 14.9 Å². The number of hydrogen-bond donors (Lipinski definition) is 6. The minimum atomic E-state index is -1.26. The minimum Gasteiger partial charge on any atom is -0.506 e. The van der Waals surface area contributed by atoms with Gasteiger partial charge < -0.3 is 40.4 Å². The fourth-order valence-corrected chi connectivity index (χ4v) is 8.17. The number of aliphatic hydroxyl groups is 1. The Balaban J connectivity index is 0.000000631. The standard InChI is InChI=1S/C33H40FN5O5S2.C4H4O4/c1-20(2)30-36-25(18-45-30)31(42)39-13-14-44-33(19-39)8-11-38(12-9-33)17-21-3-5-24(34)22(15-21)7-10-35-16-27(41)23-4-6-26(40)28-29(23)46-32(43)37-28;5-3(6)1-2-4(7)8/h3-6,15,18,20,27,35,40-41H,7-14,16-17,19H2,1-2H3,(H,37,43);1-2H,(H,5,6)(H,7,8). The molecule has 0 radical (unpaired) electrons. The van der Waals surface area contributed by atoms with Gasteiger partial charge in [-0.05, 0) is 49.1 Å². The first kappa shape index (κ1) is 40.7. The second kappa shape index (κ2) is 18.2. The maximum absolute atomic E-state index is 14.7. The SMILES string of the molecule is CC(C)c1nc(C(=O)N2CCOC3(CCN(Cc4ccc(F)c(CCNCC(O)c5ccc(O)c6[nH]c(=O)sc56)c4)CC3)C2)cs1.O=C(O)C=CC(=O)O. The molecule has 2 aliphatic heterocycles. The lowest BCUT2D eigenvalue weighted by Gasteiger charge is -2.47. The summed E-state index contributed by atoms with van der Waals surface area (Å²) in [7, 11) is 0. The Kier molecular flexibility index (Phi) is 13.7. The number of aliphatic hydroxyl groups excluding tert-OH is 1. The number of nitrogens with zero attached hydrogens (tertiary/aromatic N) is 3. The average molecular weight is 786 g/mol. The number of carboxylic acids is 2. The first-order valence-corrected chi connectivity index (χ1v) is 19.2. The van der Waals surface area contributed by atoms with Crippen molar-refractivity contribution in [1.82, 2.24) is 25.1 Å². The monoisotopic (exact) mass is 785 g/mol. The van der Waals surface area contributed by atoms with Crippen LogP contribution in [0.2, 0.25) is 0 Å². The van der Waals surface area contributed by atoms with Gasteiger partial charge in [-0.1, -0.05) is 43.4 Å². The number of benzene rings is 2. The predicted molar refractivity (Wildman–Crippen MR) is 202 cm³/mol. The number of amides is 1. The molecule has 4 aromatic rings. The third-order valence-corrected chi connectivity index (χ3v) is 11.4. The number of aromatic nitrogens is 2. The zero-order valence-electron chi connectivity index (χ0n) is 29.9. The van der Waals surface area contributed by atoms with Crippen LogP contribution in [0.5, 0.6) is 5.75 Å². The van der Waals surface area contributed by atoms with Gasteiger partial charge >= 0.3 is 16.8 Å². The molecule has 2 saturated heterocycles. The number of aliphatic carboxylic acids is 2. The van der Waals surface area contributed by atoms with Crippen molar-refractivity contribution in [2.45, 2.75) is 57.3 Å². The van der Waals surface area contributed by atoms with Gasteiger partial charge in [0.25, 0.3) is 5.91 Å². The molecule has 1 unspecified atom stereocenters. The number of hydrogen-bond acceptors (Lipinski definition) is 12. The van der Waals surface area contributed by atoms with E-state index >= 15 is 0 Å². The van der Waals surface area contributed by atoms with E-state index in [1.165, 1.54) is 23.5 Å². The summed E-state index contributed by atoms with van der Waals surface area (Å²) in [4.78, 5) is 55.2. The highest BCUT2D eigenvalue weighted by Gasteiger charge is 2.41. The Morgan fingerprint density at radius 3 is 2.50 bits per heavy atom. The number of phenols is 1. The zero-order valence-corrected chi connectivity index (χ0v) is 31.6. The van der Waals surface area contributed by atoms with Gasteiger partial charge in [-0.3, -0.25) is 14.5 Å². The van der Waals surface area contributed by atoms with Crippen LogP contribution < -0.4 is 10.2 Å². The zero-order chi connectivity index (χ0) is 39.0. The normalized spacial score (nSPS) is 16.5. The quantitative estimate of drug-likeness (QED) is 0.0888. The minimum absolute atomic E-state index is 0.0206. The van der Waals surface area contributed by atoms with E-state index in [2.05, 4.69) is 34.0 Å². The molecule has 2 aromatic carbocycles. The van der Waals surface area contributed by atoms with Gasteiger partial charge in [-0.2, -0.15) is 0 Å². The number of piperidine rings is 1. The van der Waals surface area contributed by atoms with E-state index in [1.54, 1.807) is 6.07 Å². The summed E-state index contributed by atoms with van der Waals surface area (Å²) in [5.74, 6) is -2.54. The molecule has 0 aliphatic carbocycles. The summed E-state index contributed by atoms with van der Waals surface area (Å²) in [6.07, 6.45) is 2.31. The van der Waals surface area contributed by atoms with Crippen molar-refractivity contribution < 1.29 is 43.9 Å². The Morgan fingerprint density at radius 1 is 1.11 bits per heavy atom. The summed E-state index contributed by atoms with van der Waals surface area (Å²) in [5.41, 5.74) is 2.69. The molecule has 0 bridgehead atoms. The Bertz CT molecular complexity index is 2020. The number of likely N-dealkylation sites (tertiary alicyclic amines) is 1. The topological polar surface area (TPSA) is 206 Å². The number of carbonyl (C=O) groups excluding carboxylic acids is 1. The Morgan fingerprint density at radius 2 is 1.83 bits per heavy atom. The van der Waals surface area contributed by atoms with E-state index in [9.17, 15) is 33.8 Å². The molecule has 54 heavy (non-hydrogen) atoms. The van der Waals surface area contributed by atoms with Crippen LogP contribution in [0, 0.1) is 5.82 Å². The van der Waals surface area contributed by atoms with Gasteiger partial charge in [-0.15, -0.1) is 11.3 Å². The second-order valence-corrected chi connectivity index (χ2v) is 15.4. The summed E-state index contributed by atoms with van der Waals surface area (Å²) >= 11 is 2.48. The van der Waals surface area contributed by atoms with E-state index in [1.807, 2.05) is 22.4 Å². The van der Waals surface area contributed by atoms with Crippen LogP contribution in [0.25, 0.3) is 10.2 Å². The number of H-pyrrole nitrogens is 1. The number of aromatic hydroxyl groups is 1. The Hall–Kier alpha value is -4.52. The second-order valence-electron chi connectivity index (χ2n) is 13.6. The van der Waals surface area contributed by atoms with Gasteiger partial charge in [0.15, 0.2) is 0 Å². The smallest absolute Gasteiger partial charge is 0.328 e. The highest BCUT2D eigenvalue weighted by atomic mass is 32.1. The van der Waals surface area contributed by atoms with Gasteiger partial charge in [-0.25, -0.2) is 19.0 Å². The summed E-state index contributed by atoms with van der Waals surface area (Å²) in [6.45, 7) is 8.84. The van der Waals surface area contributed by atoms with Crippen molar-refractivity contribution in [1.29, 1.82) is 0 Å². The molecule has 2 aromatic heterocycles. The molecule has 14 nitrogen and oxygen atoms in total.